The summed E-state index contributed by atoms with van der Waals surface area (Å²) >= 11 is 0. The number of benzene rings is 1. The Hall–Kier alpha value is -2.20. The maximum Gasteiger partial charge on any atom is 0.261 e. The van der Waals surface area contributed by atoms with Crippen molar-refractivity contribution in [1.82, 2.24) is 14.8 Å². The first-order valence-corrected chi connectivity index (χ1v) is 10.2. The number of hydrogen-bond donors (Lipinski definition) is 2. The van der Waals surface area contributed by atoms with Gasteiger partial charge in [-0.1, -0.05) is 19.9 Å². The number of rotatable bonds is 9. The monoisotopic (exact) mass is 443 g/mol. The fourth-order valence-electron chi connectivity index (χ4n) is 2.79. The van der Waals surface area contributed by atoms with Gasteiger partial charge in [-0.2, -0.15) is 4.31 Å². The Bertz CT molecular complexity index is 876. The van der Waals surface area contributed by atoms with Gasteiger partial charge in [0.1, 0.15) is 11.8 Å². The van der Waals surface area contributed by atoms with Crippen molar-refractivity contribution in [1.29, 1.82) is 0 Å². The molecule has 0 saturated heterocycles. The van der Waals surface area contributed by atoms with Crippen LogP contribution in [0.15, 0.2) is 53.7 Å². The Morgan fingerprint density at radius 1 is 1.24 bits per heavy atom. The van der Waals surface area contributed by atoms with Gasteiger partial charge in [-0.3, -0.25) is 15.0 Å². The maximum absolute atomic E-state index is 13.4. The van der Waals surface area contributed by atoms with Gasteiger partial charge in [-0.15, -0.1) is 12.4 Å². The van der Waals surface area contributed by atoms with Gasteiger partial charge in [0.15, 0.2) is 0 Å². The number of carbonyl (C=O) groups is 1. The molecule has 0 radical (unpaired) electrons. The van der Waals surface area contributed by atoms with Gasteiger partial charge >= 0.3 is 0 Å². The molecule has 1 heterocycles. The van der Waals surface area contributed by atoms with Crippen molar-refractivity contribution in [3.63, 3.8) is 0 Å². The summed E-state index contributed by atoms with van der Waals surface area (Å²) in [7, 11) is -2.56. The summed E-state index contributed by atoms with van der Waals surface area (Å²) in [4.78, 5) is 16.4. The predicted molar refractivity (Wildman–Crippen MR) is 110 cm³/mol. The zero-order valence-corrected chi connectivity index (χ0v) is 18.1. The zero-order valence-electron chi connectivity index (χ0n) is 16.5. The molecule has 1 atom stereocenters. The van der Waals surface area contributed by atoms with Gasteiger partial charge < -0.3 is 4.74 Å². The third kappa shape index (κ3) is 6.40. The molecule has 0 unspecified atom stereocenters. The minimum absolute atomic E-state index is 0. The smallest absolute Gasteiger partial charge is 0.261 e. The van der Waals surface area contributed by atoms with Crippen LogP contribution in [0.25, 0.3) is 0 Å². The quantitative estimate of drug-likeness (QED) is 0.455. The molecule has 2 aromatic rings. The van der Waals surface area contributed by atoms with E-state index in [1.54, 1.807) is 42.1 Å². The molecule has 0 bridgehead atoms. The number of amides is 1. The molecule has 29 heavy (non-hydrogen) atoms. The predicted octanol–water partition coefficient (Wildman–Crippen LogP) is 2.62. The summed E-state index contributed by atoms with van der Waals surface area (Å²) in [5.74, 6) is -0.246. The van der Waals surface area contributed by atoms with Crippen LogP contribution in [0.2, 0.25) is 0 Å². The number of hydrogen-bond acceptors (Lipinski definition) is 6. The van der Waals surface area contributed by atoms with Crippen molar-refractivity contribution < 1.29 is 23.2 Å². The number of nitrogens with zero attached hydrogens (tertiary/aromatic N) is 2. The second kappa shape index (κ2) is 11.1. The maximum atomic E-state index is 13.4. The Balaban J connectivity index is 0.00000420. The van der Waals surface area contributed by atoms with E-state index in [-0.39, 0.29) is 36.2 Å². The highest BCUT2D eigenvalue weighted by Crippen LogP contribution is 2.26. The van der Waals surface area contributed by atoms with E-state index in [4.69, 9.17) is 4.74 Å². The van der Waals surface area contributed by atoms with E-state index in [0.29, 0.717) is 11.3 Å². The molecule has 2 rings (SSSR count). The molecule has 2 N–H and O–H groups in total. The van der Waals surface area contributed by atoms with Gasteiger partial charge in [0.25, 0.3) is 5.91 Å². The summed E-state index contributed by atoms with van der Waals surface area (Å²) in [6.45, 7) is 3.69. The Morgan fingerprint density at radius 2 is 1.90 bits per heavy atom. The van der Waals surface area contributed by atoms with Crippen molar-refractivity contribution >= 4 is 28.3 Å². The Kier molecular flexibility index (Phi) is 9.51. The largest absolute Gasteiger partial charge is 0.497 e. The van der Waals surface area contributed by atoms with E-state index in [0.717, 1.165) is 4.31 Å². The summed E-state index contributed by atoms with van der Waals surface area (Å²) < 4.78 is 32.9. The third-order valence-corrected chi connectivity index (χ3v) is 6.05. The first-order chi connectivity index (χ1) is 13.3. The van der Waals surface area contributed by atoms with E-state index >= 15 is 0 Å². The van der Waals surface area contributed by atoms with Crippen molar-refractivity contribution in [2.24, 2.45) is 5.92 Å². The summed E-state index contributed by atoms with van der Waals surface area (Å²) in [5, 5.41) is 9.19. The lowest BCUT2D eigenvalue weighted by atomic mass is 10.0. The van der Waals surface area contributed by atoms with Gasteiger partial charge in [0.05, 0.1) is 12.0 Å². The van der Waals surface area contributed by atoms with Crippen LogP contribution in [0.1, 0.15) is 25.8 Å². The fraction of sp³-hybridized carbons (Fsp3) is 0.368. The van der Waals surface area contributed by atoms with Crippen molar-refractivity contribution in [2.45, 2.75) is 37.8 Å². The molecule has 0 fully saturated rings. The second-order valence-electron chi connectivity index (χ2n) is 6.71. The Labute approximate surface area is 177 Å². The summed E-state index contributed by atoms with van der Waals surface area (Å²) in [6.07, 6.45) is 3.36. The Morgan fingerprint density at radius 3 is 2.38 bits per heavy atom. The molecule has 0 aliphatic rings. The van der Waals surface area contributed by atoms with Crippen LogP contribution in [-0.4, -0.2) is 42.0 Å². The number of carbonyl (C=O) groups excluding carboxylic acids is 1. The van der Waals surface area contributed by atoms with Crippen molar-refractivity contribution in [3.05, 3.63) is 54.4 Å². The van der Waals surface area contributed by atoms with Crippen LogP contribution in [-0.2, 0) is 21.4 Å². The lowest BCUT2D eigenvalue weighted by molar-refractivity contribution is -0.133. The van der Waals surface area contributed by atoms with E-state index in [1.165, 1.54) is 19.2 Å². The highest BCUT2D eigenvalue weighted by molar-refractivity contribution is 7.89. The topological polar surface area (TPSA) is 109 Å². The van der Waals surface area contributed by atoms with E-state index in [2.05, 4.69) is 4.98 Å². The molecule has 1 amide bonds. The number of ether oxygens (including phenoxy) is 1. The van der Waals surface area contributed by atoms with Crippen molar-refractivity contribution in [3.8, 4) is 5.75 Å². The van der Waals surface area contributed by atoms with Gasteiger partial charge in [0.2, 0.25) is 10.0 Å². The minimum atomic E-state index is -4.05. The fourth-order valence-corrected chi connectivity index (χ4v) is 4.38. The van der Waals surface area contributed by atoms with Crippen LogP contribution >= 0.6 is 12.4 Å². The minimum Gasteiger partial charge on any atom is -0.497 e. The molecule has 0 saturated carbocycles. The van der Waals surface area contributed by atoms with Gasteiger partial charge in [-0.25, -0.2) is 13.9 Å². The summed E-state index contributed by atoms with van der Waals surface area (Å²) in [6, 6.07) is 8.26. The van der Waals surface area contributed by atoms with Crippen LogP contribution < -0.4 is 10.2 Å². The SMILES string of the molecule is COc1ccc(S(=O)(=O)N(Cc2cccnc2)[C@H](CC(C)C)C(=O)NO)cc1.Cl. The normalized spacial score (nSPS) is 12.3. The molecule has 8 nitrogen and oxygen atoms in total. The number of hydroxylamine groups is 1. The summed E-state index contributed by atoms with van der Waals surface area (Å²) in [5.41, 5.74) is 2.22. The molecule has 160 valence electrons. The molecule has 1 aromatic heterocycles. The molecule has 10 heteroatoms. The highest BCUT2D eigenvalue weighted by Gasteiger charge is 2.36. The average Bonchev–Trinajstić information content (AvgIpc) is 2.70. The first kappa shape index (κ1) is 24.8. The van der Waals surface area contributed by atoms with Crippen LogP contribution in [0.4, 0.5) is 0 Å². The third-order valence-electron chi connectivity index (χ3n) is 4.18. The second-order valence-corrected chi connectivity index (χ2v) is 8.60. The number of sulfonamides is 1. The standard InChI is InChI=1S/C19H25N3O5S.ClH/c1-14(2)11-18(19(23)21-24)22(13-15-5-4-10-20-12-15)28(25,26)17-8-6-16(27-3)7-9-17;/h4-10,12,14,18,24H,11,13H2,1-3H3,(H,21,23);1H/t18-;/m1./s1. The zero-order chi connectivity index (χ0) is 20.7. The average molecular weight is 444 g/mol. The van der Waals surface area contributed by atoms with Crippen LogP contribution in [0.3, 0.4) is 0 Å². The van der Waals surface area contributed by atoms with Crippen LogP contribution in [0, 0.1) is 5.92 Å². The number of pyridine rings is 1. The van der Waals surface area contributed by atoms with Gasteiger partial charge in [-0.05, 0) is 48.2 Å². The lowest BCUT2D eigenvalue weighted by Gasteiger charge is -2.30. The number of methoxy groups -OCH3 is 1. The molecule has 0 aliphatic heterocycles. The van der Waals surface area contributed by atoms with E-state index in [9.17, 15) is 18.4 Å². The lowest BCUT2D eigenvalue weighted by Crippen LogP contribution is -2.49. The number of aromatic nitrogens is 1. The molecular formula is C19H26ClN3O5S. The molecule has 0 spiro atoms. The first-order valence-electron chi connectivity index (χ1n) is 8.78. The number of halogens is 1. The van der Waals surface area contributed by atoms with Crippen molar-refractivity contribution in [2.75, 3.05) is 7.11 Å². The molecule has 1 aromatic carbocycles. The highest BCUT2D eigenvalue weighted by atomic mass is 35.5. The molecule has 0 aliphatic carbocycles. The number of nitrogens with one attached hydrogen (secondary N) is 1. The van der Waals surface area contributed by atoms with Gasteiger partial charge in [0, 0.05) is 18.9 Å². The van der Waals surface area contributed by atoms with E-state index in [1.807, 2.05) is 13.8 Å². The van der Waals surface area contributed by atoms with Crippen LogP contribution in [0.5, 0.6) is 5.75 Å². The molecular weight excluding hydrogens is 418 g/mol. The van der Waals surface area contributed by atoms with E-state index < -0.39 is 22.0 Å².